The van der Waals surface area contributed by atoms with Crippen LogP contribution in [0, 0.1) is 47.0 Å². The molecule has 1 saturated carbocycles. The number of rotatable bonds is 4. The number of benzene rings is 1. The summed E-state index contributed by atoms with van der Waals surface area (Å²) in [6, 6.07) is 0. The average molecular weight is 501 g/mol. The van der Waals surface area contributed by atoms with Crippen LogP contribution in [0.3, 0.4) is 0 Å². The van der Waals surface area contributed by atoms with Gasteiger partial charge >= 0.3 is 5.97 Å². The number of halogens is 6. The molecule has 0 saturated heterocycles. The van der Waals surface area contributed by atoms with Gasteiger partial charge in [-0.1, -0.05) is 37.4 Å². The first-order valence-electron chi connectivity index (χ1n) is 7.04. The highest BCUT2D eigenvalue weighted by Crippen LogP contribution is 2.60. The Kier molecular flexibility index (Phi) is 5.97. The molecule has 0 unspecified atom stereocenters. The summed E-state index contributed by atoms with van der Waals surface area (Å²) >= 11 is 12.1. The van der Waals surface area contributed by atoms with E-state index in [9.17, 15) is 18.0 Å². The van der Waals surface area contributed by atoms with Crippen LogP contribution in [0.5, 0.6) is 0 Å². The van der Waals surface area contributed by atoms with Gasteiger partial charge in [-0.05, 0) is 43.2 Å². The second-order valence-corrected chi connectivity index (χ2v) is 9.29. The molecule has 0 N–H and O–H groups in total. The van der Waals surface area contributed by atoms with E-state index in [2.05, 4.69) is 31.9 Å². The minimum absolute atomic E-state index is 0.0913. The van der Waals surface area contributed by atoms with Gasteiger partial charge in [-0.2, -0.15) is 0 Å². The van der Waals surface area contributed by atoms with Crippen LogP contribution in [-0.2, 0) is 16.1 Å². The number of terminal acetylenes is 1. The number of hydrogen-bond donors (Lipinski definition) is 0. The average Bonchev–Trinajstić information content (AvgIpc) is 3.05. The number of carbonyl (C=O) groups excluding carboxylic acids is 1. The molecule has 0 amide bonds. The lowest BCUT2D eigenvalue weighted by Gasteiger charge is -2.11. The molecule has 8 heteroatoms. The third-order valence-electron chi connectivity index (χ3n) is 4.33. The minimum Gasteiger partial charge on any atom is -0.460 e. The van der Waals surface area contributed by atoms with Crippen molar-refractivity contribution in [1.82, 2.24) is 0 Å². The molecule has 0 aromatic heterocycles. The van der Waals surface area contributed by atoms with Gasteiger partial charge in [-0.3, -0.25) is 4.79 Å². The molecule has 1 aromatic rings. The Morgan fingerprint density at radius 1 is 1.32 bits per heavy atom. The maximum atomic E-state index is 14.0. The minimum atomic E-state index is -1.54. The molecule has 0 bridgehead atoms. The predicted octanol–water partition coefficient (Wildman–Crippen LogP) is 5.69. The van der Waals surface area contributed by atoms with Crippen LogP contribution in [0.25, 0.3) is 0 Å². The van der Waals surface area contributed by atoms with Crippen molar-refractivity contribution in [2.45, 2.75) is 20.5 Å². The summed E-state index contributed by atoms with van der Waals surface area (Å²) < 4.78 is 47.4. The highest BCUT2D eigenvalue weighted by Gasteiger charge is 2.61. The van der Waals surface area contributed by atoms with E-state index < -0.39 is 52.1 Å². The van der Waals surface area contributed by atoms with E-state index in [0.29, 0.717) is 3.39 Å². The summed E-state index contributed by atoms with van der Waals surface area (Å²) in [5.74, 6) is -3.68. The molecule has 1 aromatic carbocycles. The van der Waals surface area contributed by atoms with Crippen molar-refractivity contribution in [3.63, 3.8) is 0 Å². The van der Waals surface area contributed by atoms with Gasteiger partial charge in [0.25, 0.3) is 0 Å². The van der Waals surface area contributed by atoms with E-state index in [4.69, 9.17) is 22.8 Å². The van der Waals surface area contributed by atoms with Gasteiger partial charge in [0, 0.05) is 5.56 Å². The van der Waals surface area contributed by atoms with Crippen LogP contribution in [0.2, 0.25) is 5.02 Å². The van der Waals surface area contributed by atoms with Crippen LogP contribution in [0.1, 0.15) is 25.0 Å². The summed E-state index contributed by atoms with van der Waals surface area (Å²) in [5.41, 5.74) is -1.83. The van der Waals surface area contributed by atoms with Crippen LogP contribution in [0.15, 0.2) is 9.47 Å². The van der Waals surface area contributed by atoms with Gasteiger partial charge in [-0.15, -0.1) is 6.42 Å². The van der Waals surface area contributed by atoms with E-state index >= 15 is 0 Å². The third-order valence-corrected chi connectivity index (χ3v) is 5.25. The molecule has 0 heterocycles. The Hall–Kier alpha value is -0.970. The first-order chi connectivity index (χ1) is 11.5. The molecule has 0 aliphatic heterocycles. The summed E-state index contributed by atoms with van der Waals surface area (Å²) in [6.45, 7) is 3.05. The van der Waals surface area contributed by atoms with Crippen molar-refractivity contribution in [3.05, 3.63) is 43.1 Å². The monoisotopic (exact) mass is 498 g/mol. The fourth-order valence-electron chi connectivity index (χ4n) is 2.74. The molecular formula is C17H12Br2ClF3O2. The predicted molar refractivity (Wildman–Crippen MR) is 95.8 cm³/mol. The van der Waals surface area contributed by atoms with Gasteiger partial charge in [0.1, 0.15) is 12.2 Å². The Morgan fingerprint density at radius 3 is 2.44 bits per heavy atom. The number of carbonyl (C=O) groups is 1. The Morgan fingerprint density at radius 2 is 1.92 bits per heavy atom. The topological polar surface area (TPSA) is 26.3 Å². The van der Waals surface area contributed by atoms with Crippen LogP contribution < -0.4 is 0 Å². The lowest BCUT2D eigenvalue weighted by atomic mass is 10.1. The van der Waals surface area contributed by atoms with Gasteiger partial charge in [0.15, 0.2) is 17.5 Å². The van der Waals surface area contributed by atoms with Gasteiger partial charge in [-0.25, -0.2) is 13.2 Å². The lowest BCUT2D eigenvalue weighted by Crippen LogP contribution is -2.13. The summed E-state index contributed by atoms with van der Waals surface area (Å²) in [6.07, 6.45) is 6.75. The molecule has 1 aliphatic carbocycles. The van der Waals surface area contributed by atoms with E-state index in [1.54, 1.807) is 12.0 Å². The zero-order chi connectivity index (χ0) is 19.1. The quantitative estimate of drug-likeness (QED) is 0.302. The molecule has 1 fully saturated rings. The van der Waals surface area contributed by atoms with E-state index in [-0.39, 0.29) is 11.3 Å². The van der Waals surface area contributed by atoms with Crippen molar-refractivity contribution in [2.24, 2.45) is 17.3 Å². The molecule has 2 rings (SSSR count). The fourth-order valence-corrected chi connectivity index (χ4v) is 3.54. The first kappa shape index (κ1) is 20.3. The number of ether oxygens (including phenoxy) is 1. The molecule has 134 valence electrons. The largest absolute Gasteiger partial charge is 0.460 e. The first-order valence-corrected chi connectivity index (χ1v) is 9.01. The Bertz CT molecular complexity index is 782. The van der Waals surface area contributed by atoms with Crippen LogP contribution in [0.4, 0.5) is 13.2 Å². The highest BCUT2D eigenvalue weighted by atomic mass is 79.9. The Balaban J connectivity index is 2.20. The van der Waals surface area contributed by atoms with Crippen molar-refractivity contribution in [3.8, 4) is 12.3 Å². The SMILES string of the molecule is C#Cc1c(F)c(F)c(COC(=O)[C@@H]2[C@H](C=C(Br)Br)C2(C)C)c(Cl)c1F. The van der Waals surface area contributed by atoms with E-state index in [1.165, 1.54) is 0 Å². The van der Waals surface area contributed by atoms with Crippen molar-refractivity contribution < 1.29 is 22.7 Å². The maximum Gasteiger partial charge on any atom is 0.310 e. The fraction of sp³-hybridized carbons (Fsp3) is 0.353. The second kappa shape index (κ2) is 7.34. The van der Waals surface area contributed by atoms with Crippen LogP contribution >= 0.6 is 43.5 Å². The Labute approximate surface area is 165 Å². The molecule has 0 radical (unpaired) electrons. The number of esters is 1. The highest BCUT2D eigenvalue weighted by molar-refractivity contribution is 9.28. The normalized spacial score (nSPS) is 20.6. The van der Waals surface area contributed by atoms with Crippen molar-refractivity contribution >= 4 is 49.4 Å². The van der Waals surface area contributed by atoms with Gasteiger partial charge < -0.3 is 4.74 Å². The van der Waals surface area contributed by atoms with Crippen molar-refractivity contribution in [1.29, 1.82) is 0 Å². The molecule has 2 nitrogen and oxygen atoms in total. The van der Waals surface area contributed by atoms with E-state index in [1.807, 2.05) is 13.8 Å². The molecule has 25 heavy (non-hydrogen) atoms. The second-order valence-electron chi connectivity index (χ2n) is 6.14. The number of allylic oxidation sites excluding steroid dienone is 1. The summed E-state index contributed by atoms with van der Waals surface area (Å²) in [4.78, 5) is 12.2. The molecular weight excluding hydrogens is 488 g/mol. The van der Waals surface area contributed by atoms with Gasteiger partial charge in [0.05, 0.1) is 14.3 Å². The van der Waals surface area contributed by atoms with E-state index in [0.717, 1.165) is 0 Å². The molecule has 0 spiro atoms. The molecule has 1 aliphatic rings. The van der Waals surface area contributed by atoms with Crippen LogP contribution in [-0.4, -0.2) is 5.97 Å². The number of hydrogen-bond acceptors (Lipinski definition) is 2. The zero-order valence-electron chi connectivity index (χ0n) is 13.1. The third kappa shape index (κ3) is 3.76. The zero-order valence-corrected chi connectivity index (χ0v) is 17.0. The molecule has 2 atom stereocenters. The lowest BCUT2D eigenvalue weighted by molar-refractivity contribution is -0.147. The standard InChI is InChI=1S/C17H12Br2ClF3O2/c1-4-7-13(21)12(20)8(15(23)14(7)22)6-25-16(24)11-9(5-10(18)19)17(11,2)3/h1,5,9,11H,6H2,2-3H3/t9-,11-/m0/s1. The van der Waals surface area contributed by atoms with Gasteiger partial charge in [0.2, 0.25) is 0 Å². The smallest absolute Gasteiger partial charge is 0.310 e. The summed E-state index contributed by atoms with van der Waals surface area (Å²) in [5, 5.41) is -0.700. The van der Waals surface area contributed by atoms with Crippen molar-refractivity contribution in [2.75, 3.05) is 0 Å². The maximum absolute atomic E-state index is 14.0. The summed E-state index contributed by atoms with van der Waals surface area (Å²) in [7, 11) is 0.